The Labute approximate surface area is 112 Å². The van der Waals surface area contributed by atoms with Crippen LogP contribution in [0.2, 0.25) is 0 Å². The van der Waals surface area contributed by atoms with Gasteiger partial charge < -0.3 is 5.32 Å². The van der Waals surface area contributed by atoms with Gasteiger partial charge in [-0.05, 0) is 20.8 Å². The van der Waals surface area contributed by atoms with Gasteiger partial charge in [-0.15, -0.1) is 11.3 Å². The van der Waals surface area contributed by atoms with Gasteiger partial charge in [-0.1, -0.05) is 0 Å². The third kappa shape index (κ3) is 2.30. The van der Waals surface area contributed by atoms with Gasteiger partial charge in [0, 0.05) is 49.0 Å². The number of rotatable bonds is 2. The van der Waals surface area contributed by atoms with E-state index in [4.69, 9.17) is 0 Å². The molecular formula is C13H20N4S. The summed E-state index contributed by atoms with van der Waals surface area (Å²) in [5, 5.41) is 5.65. The molecule has 1 N–H and O–H groups in total. The van der Waals surface area contributed by atoms with E-state index in [1.807, 2.05) is 0 Å². The summed E-state index contributed by atoms with van der Waals surface area (Å²) >= 11 is 1.69. The van der Waals surface area contributed by atoms with Gasteiger partial charge in [-0.25, -0.2) is 4.98 Å². The minimum Gasteiger partial charge on any atom is -0.309 e. The van der Waals surface area contributed by atoms with E-state index in [9.17, 15) is 0 Å². The topological polar surface area (TPSA) is 32.6 Å². The van der Waals surface area contributed by atoms with Crippen LogP contribution in [0, 0.1) is 0 Å². The van der Waals surface area contributed by atoms with E-state index in [0.717, 1.165) is 24.6 Å². The van der Waals surface area contributed by atoms with Gasteiger partial charge >= 0.3 is 0 Å². The minimum atomic E-state index is 0.198. The Morgan fingerprint density at radius 3 is 3.17 bits per heavy atom. The Balaban J connectivity index is 1.76. The predicted octanol–water partition coefficient (Wildman–Crippen LogP) is 1.97. The van der Waals surface area contributed by atoms with Crippen LogP contribution in [0.5, 0.6) is 0 Å². The van der Waals surface area contributed by atoms with Crippen molar-refractivity contribution in [1.82, 2.24) is 19.6 Å². The molecule has 0 aromatic carbocycles. The van der Waals surface area contributed by atoms with E-state index in [1.54, 1.807) is 11.3 Å². The van der Waals surface area contributed by atoms with Crippen LogP contribution in [0.4, 0.5) is 0 Å². The lowest BCUT2D eigenvalue weighted by Gasteiger charge is -2.43. The fraction of sp³-hybridized carbons (Fsp3) is 0.615. The van der Waals surface area contributed by atoms with Gasteiger partial charge in [0.1, 0.15) is 0 Å². The summed E-state index contributed by atoms with van der Waals surface area (Å²) in [6, 6.07) is 0.567. The Kier molecular flexibility index (Phi) is 2.92. The van der Waals surface area contributed by atoms with Gasteiger partial charge in [0.05, 0.1) is 5.69 Å². The summed E-state index contributed by atoms with van der Waals surface area (Å²) in [7, 11) is 0. The number of hydrogen-bond acceptors (Lipinski definition) is 4. The quantitative estimate of drug-likeness (QED) is 0.900. The summed E-state index contributed by atoms with van der Waals surface area (Å²) in [4.78, 5) is 8.28. The van der Waals surface area contributed by atoms with Crippen LogP contribution in [-0.2, 0) is 6.54 Å². The monoisotopic (exact) mass is 264 g/mol. The number of nitrogens with one attached hydrogen (secondary N) is 1. The highest BCUT2D eigenvalue weighted by Gasteiger charge is 2.30. The summed E-state index contributed by atoms with van der Waals surface area (Å²) in [6.45, 7) is 9.87. The van der Waals surface area contributed by atoms with Crippen molar-refractivity contribution in [2.45, 2.75) is 38.9 Å². The zero-order chi connectivity index (χ0) is 12.8. The van der Waals surface area contributed by atoms with Crippen LogP contribution < -0.4 is 5.32 Å². The maximum atomic E-state index is 4.67. The Bertz CT molecular complexity index is 513. The van der Waals surface area contributed by atoms with Crippen LogP contribution in [0.15, 0.2) is 17.8 Å². The lowest BCUT2D eigenvalue weighted by atomic mass is 9.99. The minimum absolute atomic E-state index is 0.198. The molecule has 1 aliphatic rings. The van der Waals surface area contributed by atoms with E-state index in [-0.39, 0.29) is 5.54 Å². The van der Waals surface area contributed by atoms with Crippen LogP contribution in [0.1, 0.15) is 26.5 Å². The van der Waals surface area contributed by atoms with E-state index in [1.165, 1.54) is 5.69 Å². The first-order valence-electron chi connectivity index (χ1n) is 6.44. The highest BCUT2D eigenvalue weighted by atomic mass is 32.1. The van der Waals surface area contributed by atoms with Crippen molar-refractivity contribution in [3.63, 3.8) is 0 Å². The lowest BCUT2D eigenvalue weighted by Crippen LogP contribution is -2.60. The van der Waals surface area contributed by atoms with Crippen molar-refractivity contribution >= 4 is 16.3 Å². The molecule has 5 heteroatoms. The molecule has 0 radical (unpaired) electrons. The zero-order valence-corrected chi connectivity index (χ0v) is 12.0. The lowest BCUT2D eigenvalue weighted by molar-refractivity contribution is 0.0967. The second-order valence-electron chi connectivity index (χ2n) is 5.84. The third-order valence-electron chi connectivity index (χ3n) is 3.61. The fourth-order valence-corrected chi connectivity index (χ4v) is 3.26. The molecule has 1 unspecified atom stereocenters. The molecule has 1 atom stereocenters. The van der Waals surface area contributed by atoms with Crippen molar-refractivity contribution in [3.8, 4) is 0 Å². The predicted molar refractivity (Wildman–Crippen MR) is 75.0 cm³/mol. The van der Waals surface area contributed by atoms with Crippen molar-refractivity contribution in [2.24, 2.45) is 0 Å². The number of fused-ring (bicyclic) bond motifs is 1. The van der Waals surface area contributed by atoms with Crippen molar-refractivity contribution < 1.29 is 0 Å². The second kappa shape index (κ2) is 4.33. The molecular weight excluding hydrogens is 244 g/mol. The van der Waals surface area contributed by atoms with Crippen LogP contribution in [0.25, 0.3) is 4.96 Å². The molecule has 0 amide bonds. The van der Waals surface area contributed by atoms with E-state index >= 15 is 0 Å². The molecule has 18 heavy (non-hydrogen) atoms. The molecule has 1 fully saturated rings. The van der Waals surface area contributed by atoms with Crippen molar-refractivity contribution in [3.05, 3.63) is 23.5 Å². The number of thiazole rings is 1. The Hall–Kier alpha value is -0.910. The molecule has 0 bridgehead atoms. The molecule has 0 saturated carbocycles. The number of hydrogen-bond donors (Lipinski definition) is 1. The standard InChI is InChI=1S/C13H20N4S/c1-10-6-14-13(2,3)9-17(10)8-11-7-16-4-5-18-12(16)15-11/h4-5,7,10,14H,6,8-9H2,1-3H3. The highest BCUT2D eigenvalue weighted by molar-refractivity contribution is 7.15. The average Bonchev–Trinajstić information content (AvgIpc) is 2.83. The Morgan fingerprint density at radius 1 is 1.56 bits per heavy atom. The van der Waals surface area contributed by atoms with Crippen molar-refractivity contribution in [1.29, 1.82) is 0 Å². The van der Waals surface area contributed by atoms with Gasteiger partial charge in [-0.3, -0.25) is 9.30 Å². The number of piperazine rings is 1. The van der Waals surface area contributed by atoms with Gasteiger partial charge in [0.25, 0.3) is 0 Å². The molecule has 98 valence electrons. The molecule has 3 heterocycles. The summed E-state index contributed by atoms with van der Waals surface area (Å²) in [5.41, 5.74) is 1.37. The van der Waals surface area contributed by atoms with E-state index in [0.29, 0.717) is 6.04 Å². The van der Waals surface area contributed by atoms with Crippen LogP contribution in [-0.4, -0.2) is 39.0 Å². The van der Waals surface area contributed by atoms with Crippen molar-refractivity contribution in [2.75, 3.05) is 13.1 Å². The first kappa shape index (κ1) is 12.1. The number of imidazole rings is 1. The van der Waals surface area contributed by atoms with Gasteiger partial charge in [0.2, 0.25) is 0 Å². The first-order chi connectivity index (χ1) is 8.53. The molecule has 4 nitrogen and oxygen atoms in total. The van der Waals surface area contributed by atoms with E-state index in [2.05, 4.69) is 58.1 Å². The summed E-state index contributed by atoms with van der Waals surface area (Å²) in [6.07, 6.45) is 4.22. The molecule has 1 saturated heterocycles. The average molecular weight is 264 g/mol. The number of nitrogens with zero attached hydrogens (tertiary/aromatic N) is 3. The molecule has 2 aromatic rings. The maximum Gasteiger partial charge on any atom is 0.193 e. The number of aromatic nitrogens is 2. The van der Waals surface area contributed by atoms with Crippen LogP contribution in [0.3, 0.4) is 0 Å². The zero-order valence-electron chi connectivity index (χ0n) is 11.2. The second-order valence-corrected chi connectivity index (χ2v) is 6.72. The molecule has 2 aromatic heterocycles. The van der Waals surface area contributed by atoms with E-state index < -0.39 is 0 Å². The molecule has 0 aliphatic carbocycles. The third-order valence-corrected chi connectivity index (χ3v) is 4.38. The summed E-state index contributed by atoms with van der Waals surface area (Å²) in [5.74, 6) is 0. The summed E-state index contributed by atoms with van der Waals surface area (Å²) < 4.78 is 2.11. The fourth-order valence-electron chi connectivity index (χ4n) is 2.54. The molecule has 3 rings (SSSR count). The molecule has 1 aliphatic heterocycles. The Morgan fingerprint density at radius 2 is 2.39 bits per heavy atom. The van der Waals surface area contributed by atoms with Gasteiger partial charge in [-0.2, -0.15) is 0 Å². The molecule has 0 spiro atoms. The maximum absolute atomic E-state index is 4.67. The van der Waals surface area contributed by atoms with Gasteiger partial charge in [0.15, 0.2) is 4.96 Å². The largest absolute Gasteiger partial charge is 0.309 e. The first-order valence-corrected chi connectivity index (χ1v) is 7.32. The SMILES string of the molecule is CC1CNC(C)(C)CN1Cc1cn2ccsc2n1. The van der Waals surface area contributed by atoms with Crippen LogP contribution >= 0.6 is 11.3 Å². The highest BCUT2D eigenvalue weighted by Crippen LogP contribution is 2.19. The normalized spacial score (nSPS) is 24.7. The smallest absolute Gasteiger partial charge is 0.193 e.